The highest BCUT2D eigenvalue weighted by molar-refractivity contribution is 5.93. The second-order valence-electron chi connectivity index (χ2n) is 8.40. The summed E-state index contributed by atoms with van der Waals surface area (Å²) in [5.41, 5.74) is 3.82. The number of hydrogen-bond acceptors (Lipinski definition) is 4. The van der Waals surface area contributed by atoms with Crippen LogP contribution < -0.4 is 10.2 Å². The van der Waals surface area contributed by atoms with Crippen molar-refractivity contribution in [2.45, 2.75) is 38.8 Å². The van der Waals surface area contributed by atoms with Gasteiger partial charge in [0.2, 0.25) is 11.8 Å². The number of hydrogen-bond donors (Lipinski definition) is 1. The number of rotatable bonds is 9. The van der Waals surface area contributed by atoms with E-state index in [4.69, 9.17) is 4.74 Å². The number of benzene rings is 2. The first-order chi connectivity index (χ1) is 14.9. The summed E-state index contributed by atoms with van der Waals surface area (Å²) < 4.78 is 5.15. The van der Waals surface area contributed by atoms with E-state index < -0.39 is 0 Å². The van der Waals surface area contributed by atoms with E-state index in [0.29, 0.717) is 6.54 Å². The quantitative estimate of drug-likeness (QED) is 0.656. The van der Waals surface area contributed by atoms with Crippen molar-refractivity contribution in [3.8, 4) is 0 Å². The highest BCUT2D eigenvalue weighted by Crippen LogP contribution is 2.31. The lowest BCUT2D eigenvalue weighted by Crippen LogP contribution is -2.36. The van der Waals surface area contributed by atoms with E-state index in [1.54, 1.807) is 0 Å². The van der Waals surface area contributed by atoms with Gasteiger partial charge in [0.05, 0.1) is 6.04 Å². The summed E-state index contributed by atoms with van der Waals surface area (Å²) in [4.78, 5) is 29.2. The molecule has 6 heteroatoms. The summed E-state index contributed by atoms with van der Waals surface area (Å²) in [7, 11) is 5.49. The van der Waals surface area contributed by atoms with Crippen molar-refractivity contribution in [3.05, 3.63) is 59.7 Å². The van der Waals surface area contributed by atoms with Gasteiger partial charge in [-0.15, -0.1) is 0 Å². The molecule has 0 spiro atoms. The average Bonchev–Trinajstić information content (AvgIpc) is 2.71. The summed E-state index contributed by atoms with van der Waals surface area (Å²) >= 11 is 0. The van der Waals surface area contributed by atoms with Crippen molar-refractivity contribution in [1.29, 1.82) is 0 Å². The molecule has 0 saturated heterocycles. The fourth-order valence-corrected chi connectivity index (χ4v) is 3.88. The highest BCUT2D eigenvalue weighted by Gasteiger charge is 2.26. The van der Waals surface area contributed by atoms with Gasteiger partial charge in [-0.25, -0.2) is 0 Å². The number of amides is 2. The van der Waals surface area contributed by atoms with E-state index in [1.807, 2.05) is 79.3 Å². The maximum atomic E-state index is 13.0. The molecule has 0 aliphatic heterocycles. The van der Waals surface area contributed by atoms with E-state index >= 15 is 0 Å². The van der Waals surface area contributed by atoms with Crippen LogP contribution in [0.4, 0.5) is 11.4 Å². The number of ether oxygens (including phenoxy) is 1. The predicted octanol–water partition coefficient (Wildman–Crippen LogP) is 4.23. The molecule has 1 unspecified atom stereocenters. The van der Waals surface area contributed by atoms with Gasteiger partial charge in [0, 0.05) is 45.0 Å². The minimum Gasteiger partial charge on any atom is -0.377 e. The summed E-state index contributed by atoms with van der Waals surface area (Å²) in [6.07, 6.45) is 3.04. The van der Waals surface area contributed by atoms with E-state index in [-0.39, 0.29) is 30.4 Å². The first kappa shape index (κ1) is 22.8. The molecule has 2 aromatic carbocycles. The predicted molar refractivity (Wildman–Crippen MR) is 124 cm³/mol. The summed E-state index contributed by atoms with van der Waals surface area (Å²) in [6, 6.07) is 15.8. The lowest BCUT2D eigenvalue weighted by molar-refractivity contribution is -0.138. The zero-order chi connectivity index (χ0) is 22.4. The standard InChI is InChI=1S/C25H33N3O3/c1-18(19-9-6-5-7-10-19)28(24(29)17-31-4)16-21-15-22(13-14-23(21)27(2)3)26-25(30)20-11-8-12-20/h5-7,9-10,13-15,18,20H,8,11-12,16-17H2,1-4H3,(H,26,30). The molecule has 2 aromatic rings. The van der Waals surface area contributed by atoms with Crippen molar-refractivity contribution in [1.82, 2.24) is 4.90 Å². The third-order valence-corrected chi connectivity index (χ3v) is 5.98. The number of nitrogens with zero attached hydrogens (tertiary/aromatic N) is 2. The van der Waals surface area contributed by atoms with Gasteiger partial charge in [0.25, 0.3) is 0 Å². The molecule has 31 heavy (non-hydrogen) atoms. The molecule has 166 valence electrons. The Hall–Kier alpha value is -2.86. The van der Waals surface area contributed by atoms with Gasteiger partial charge in [-0.2, -0.15) is 0 Å². The van der Waals surface area contributed by atoms with Crippen LogP contribution in [0.2, 0.25) is 0 Å². The molecule has 1 aliphatic carbocycles. The molecule has 6 nitrogen and oxygen atoms in total. The third-order valence-electron chi connectivity index (χ3n) is 5.98. The Morgan fingerprint density at radius 3 is 2.42 bits per heavy atom. The van der Waals surface area contributed by atoms with Crippen molar-refractivity contribution < 1.29 is 14.3 Å². The second kappa shape index (κ2) is 10.4. The number of nitrogens with one attached hydrogen (secondary N) is 1. The van der Waals surface area contributed by atoms with E-state index in [2.05, 4.69) is 5.32 Å². The minimum atomic E-state index is -0.118. The average molecular weight is 424 g/mol. The van der Waals surface area contributed by atoms with E-state index in [9.17, 15) is 9.59 Å². The van der Waals surface area contributed by atoms with Gasteiger partial charge in [-0.05, 0) is 49.1 Å². The first-order valence-corrected chi connectivity index (χ1v) is 10.8. The van der Waals surface area contributed by atoms with E-state index in [0.717, 1.165) is 41.8 Å². The third kappa shape index (κ3) is 5.64. The number of carbonyl (C=O) groups is 2. The normalized spacial score (nSPS) is 14.5. The van der Waals surface area contributed by atoms with Crippen LogP contribution in [0.25, 0.3) is 0 Å². The molecule has 0 bridgehead atoms. The monoisotopic (exact) mass is 423 g/mol. The van der Waals surface area contributed by atoms with Crippen LogP contribution >= 0.6 is 0 Å². The maximum absolute atomic E-state index is 13.0. The molecule has 2 amide bonds. The lowest BCUT2D eigenvalue weighted by atomic mass is 9.85. The van der Waals surface area contributed by atoms with Gasteiger partial charge in [0.1, 0.15) is 6.61 Å². The number of carbonyl (C=O) groups excluding carboxylic acids is 2. The molecule has 3 rings (SSSR count). The fraction of sp³-hybridized carbons (Fsp3) is 0.440. The minimum absolute atomic E-state index is 0.0204. The Morgan fingerprint density at radius 2 is 1.84 bits per heavy atom. The van der Waals surface area contributed by atoms with Crippen molar-refractivity contribution in [2.75, 3.05) is 38.0 Å². The van der Waals surface area contributed by atoms with Gasteiger partial charge in [-0.1, -0.05) is 36.8 Å². The van der Waals surface area contributed by atoms with Gasteiger partial charge in [0.15, 0.2) is 0 Å². The number of anilines is 2. The van der Waals surface area contributed by atoms with Crippen LogP contribution in [0.1, 0.15) is 43.4 Å². The van der Waals surface area contributed by atoms with Crippen LogP contribution in [-0.4, -0.2) is 44.5 Å². The first-order valence-electron chi connectivity index (χ1n) is 10.8. The van der Waals surface area contributed by atoms with Crippen LogP contribution in [0.15, 0.2) is 48.5 Å². The maximum Gasteiger partial charge on any atom is 0.249 e. The topological polar surface area (TPSA) is 61.9 Å². The zero-order valence-corrected chi connectivity index (χ0v) is 18.9. The Balaban J connectivity index is 1.89. The van der Waals surface area contributed by atoms with Crippen LogP contribution in [0, 0.1) is 5.92 Å². The van der Waals surface area contributed by atoms with Crippen LogP contribution in [0.3, 0.4) is 0 Å². The molecule has 1 atom stereocenters. The molecule has 0 aromatic heterocycles. The van der Waals surface area contributed by atoms with Crippen LogP contribution in [0.5, 0.6) is 0 Å². The number of methoxy groups -OCH3 is 1. The van der Waals surface area contributed by atoms with Gasteiger partial charge < -0.3 is 19.9 Å². The molecule has 1 saturated carbocycles. The molecular formula is C25H33N3O3. The van der Waals surface area contributed by atoms with Gasteiger partial charge in [-0.3, -0.25) is 9.59 Å². The summed E-state index contributed by atoms with van der Waals surface area (Å²) in [5.74, 6) is 0.127. The second-order valence-corrected chi connectivity index (χ2v) is 8.40. The lowest BCUT2D eigenvalue weighted by Gasteiger charge is -2.31. The molecule has 1 aliphatic rings. The Bertz CT molecular complexity index is 894. The fourth-order valence-electron chi connectivity index (χ4n) is 3.88. The van der Waals surface area contributed by atoms with Crippen molar-refractivity contribution in [3.63, 3.8) is 0 Å². The highest BCUT2D eigenvalue weighted by atomic mass is 16.5. The van der Waals surface area contributed by atoms with Gasteiger partial charge >= 0.3 is 0 Å². The van der Waals surface area contributed by atoms with Crippen LogP contribution in [-0.2, 0) is 20.9 Å². The molecule has 1 N–H and O–H groups in total. The molecule has 0 radical (unpaired) electrons. The summed E-state index contributed by atoms with van der Waals surface area (Å²) in [6.45, 7) is 2.46. The van der Waals surface area contributed by atoms with Crippen molar-refractivity contribution >= 4 is 23.2 Å². The Kier molecular flexibility index (Phi) is 7.69. The SMILES string of the molecule is COCC(=O)N(Cc1cc(NC(=O)C2CCC2)ccc1N(C)C)C(C)c1ccccc1. The van der Waals surface area contributed by atoms with E-state index in [1.165, 1.54) is 7.11 Å². The largest absolute Gasteiger partial charge is 0.377 e. The smallest absolute Gasteiger partial charge is 0.249 e. The molecule has 1 fully saturated rings. The Morgan fingerprint density at radius 1 is 1.13 bits per heavy atom. The molecule has 0 heterocycles. The Labute approximate surface area is 185 Å². The zero-order valence-electron chi connectivity index (χ0n) is 18.9. The summed E-state index contributed by atoms with van der Waals surface area (Å²) in [5, 5.41) is 3.05. The van der Waals surface area contributed by atoms with Crippen molar-refractivity contribution in [2.24, 2.45) is 5.92 Å². The molecular weight excluding hydrogens is 390 g/mol.